The molecule has 1 aromatic heterocycles. The first-order chi connectivity index (χ1) is 12.7. The number of carbonyl (C=O) groups is 2. The molecule has 1 aromatic carbocycles. The van der Waals surface area contributed by atoms with Crippen LogP contribution in [0, 0.1) is 0 Å². The average Bonchev–Trinajstić information content (AvgIpc) is 3.51. The number of ether oxygens (including phenoxy) is 1. The summed E-state index contributed by atoms with van der Waals surface area (Å²) in [5.74, 6) is -0.688. The van der Waals surface area contributed by atoms with Gasteiger partial charge in [0.25, 0.3) is 5.91 Å². The lowest BCUT2D eigenvalue weighted by Crippen LogP contribution is -2.36. The number of amides is 1. The maximum absolute atomic E-state index is 12.7. The Hall–Kier alpha value is -2.69. The summed E-state index contributed by atoms with van der Waals surface area (Å²) in [6.45, 7) is -0.235. The smallest absolute Gasteiger partial charge is 0.357 e. The van der Waals surface area contributed by atoms with Crippen LogP contribution < -0.4 is 0 Å². The van der Waals surface area contributed by atoms with Crippen molar-refractivity contribution in [3.05, 3.63) is 53.9 Å². The lowest BCUT2D eigenvalue weighted by Gasteiger charge is -2.27. The molecule has 0 unspecified atom stereocenters. The van der Waals surface area contributed by atoms with Gasteiger partial charge in [-0.1, -0.05) is 30.3 Å². The van der Waals surface area contributed by atoms with E-state index in [1.807, 2.05) is 35.2 Å². The number of fused-ring (bicyclic) bond motifs is 1. The van der Waals surface area contributed by atoms with Gasteiger partial charge in [0, 0.05) is 17.1 Å². The summed E-state index contributed by atoms with van der Waals surface area (Å²) in [5, 5.41) is 0.962. The van der Waals surface area contributed by atoms with Crippen LogP contribution in [0.5, 0.6) is 0 Å². The van der Waals surface area contributed by atoms with Crippen molar-refractivity contribution in [3.63, 3.8) is 0 Å². The predicted molar refractivity (Wildman–Crippen MR) is 98.4 cm³/mol. The first-order valence-corrected chi connectivity index (χ1v) is 9.26. The van der Waals surface area contributed by atoms with Crippen molar-refractivity contribution in [1.29, 1.82) is 0 Å². The molecule has 0 spiro atoms. The Morgan fingerprint density at radius 2 is 1.96 bits per heavy atom. The Bertz CT molecular complexity index is 870. The predicted octanol–water partition coefficient (Wildman–Crippen LogP) is 3.84. The number of carbonyl (C=O) groups excluding carboxylic acids is 2. The van der Waals surface area contributed by atoms with Crippen molar-refractivity contribution in [2.75, 3.05) is 6.61 Å². The van der Waals surface area contributed by atoms with E-state index in [-0.39, 0.29) is 24.2 Å². The van der Waals surface area contributed by atoms with E-state index in [1.54, 1.807) is 6.07 Å². The molecular formula is C21H22N2O3. The van der Waals surface area contributed by atoms with Gasteiger partial charge in [0.2, 0.25) is 0 Å². The lowest BCUT2D eigenvalue weighted by atomic mass is 10.0. The van der Waals surface area contributed by atoms with Gasteiger partial charge in [-0.2, -0.15) is 0 Å². The number of para-hydroxylation sites is 1. The van der Waals surface area contributed by atoms with E-state index in [0.717, 1.165) is 48.7 Å². The number of hydrogen-bond donors (Lipinski definition) is 0. The third kappa shape index (κ3) is 3.62. The number of esters is 1. The summed E-state index contributed by atoms with van der Waals surface area (Å²) >= 11 is 0. The van der Waals surface area contributed by atoms with E-state index in [2.05, 4.69) is 11.1 Å². The Morgan fingerprint density at radius 1 is 1.12 bits per heavy atom. The zero-order valence-electron chi connectivity index (χ0n) is 14.7. The number of benzene rings is 1. The van der Waals surface area contributed by atoms with Gasteiger partial charge in [0.1, 0.15) is 5.69 Å². The van der Waals surface area contributed by atoms with Gasteiger partial charge in [-0.05, 0) is 50.7 Å². The fourth-order valence-corrected chi connectivity index (χ4v) is 3.42. The van der Waals surface area contributed by atoms with Crippen molar-refractivity contribution < 1.29 is 14.3 Å². The monoisotopic (exact) mass is 350 g/mol. The molecule has 5 heteroatoms. The molecule has 0 aliphatic heterocycles. The van der Waals surface area contributed by atoms with Crippen molar-refractivity contribution in [3.8, 4) is 0 Å². The zero-order chi connectivity index (χ0) is 17.9. The zero-order valence-corrected chi connectivity index (χ0v) is 14.7. The SMILES string of the molecule is O=C(OCC(=O)N(C1=CCCCC1)C1CC1)c1ccc2ccccc2n1. The summed E-state index contributed by atoms with van der Waals surface area (Å²) < 4.78 is 5.27. The van der Waals surface area contributed by atoms with Crippen molar-refractivity contribution >= 4 is 22.8 Å². The molecule has 1 heterocycles. The molecule has 0 atom stereocenters. The molecule has 2 aliphatic rings. The van der Waals surface area contributed by atoms with Crippen LogP contribution >= 0.6 is 0 Å². The minimum absolute atomic E-state index is 0.130. The molecule has 26 heavy (non-hydrogen) atoms. The van der Waals surface area contributed by atoms with E-state index < -0.39 is 5.97 Å². The standard InChI is InChI=1S/C21H22N2O3/c24-20(23(17-11-12-17)16-7-2-1-3-8-16)14-26-21(25)19-13-10-15-6-4-5-9-18(15)22-19/h4-7,9-10,13,17H,1-3,8,11-12,14H2. The minimum atomic E-state index is -0.558. The van der Waals surface area contributed by atoms with Crippen LogP contribution in [0.15, 0.2) is 48.2 Å². The fraction of sp³-hybridized carbons (Fsp3) is 0.381. The summed E-state index contributed by atoms with van der Waals surface area (Å²) in [4.78, 5) is 31.2. The number of allylic oxidation sites excluding steroid dienone is 2. The van der Waals surface area contributed by atoms with E-state index in [4.69, 9.17) is 4.74 Å². The van der Waals surface area contributed by atoms with Gasteiger partial charge in [-0.3, -0.25) is 4.79 Å². The molecule has 134 valence electrons. The number of hydrogen-bond acceptors (Lipinski definition) is 4. The summed E-state index contributed by atoms with van der Waals surface area (Å²) in [5.41, 5.74) is 2.07. The quantitative estimate of drug-likeness (QED) is 0.769. The molecule has 0 radical (unpaired) electrons. The largest absolute Gasteiger partial charge is 0.451 e. The second-order valence-electron chi connectivity index (χ2n) is 6.90. The Labute approximate surface area is 152 Å². The van der Waals surface area contributed by atoms with E-state index in [9.17, 15) is 9.59 Å². The van der Waals surface area contributed by atoms with Gasteiger partial charge in [-0.25, -0.2) is 9.78 Å². The van der Waals surface area contributed by atoms with Crippen LogP contribution in [-0.4, -0.2) is 34.4 Å². The molecule has 2 aliphatic carbocycles. The van der Waals surface area contributed by atoms with Gasteiger partial charge < -0.3 is 9.64 Å². The fourth-order valence-electron chi connectivity index (χ4n) is 3.42. The maximum atomic E-state index is 12.7. The van der Waals surface area contributed by atoms with Crippen LogP contribution in [0.4, 0.5) is 0 Å². The minimum Gasteiger partial charge on any atom is -0.451 e. The number of pyridine rings is 1. The van der Waals surface area contributed by atoms with E-state index in [1.165, 1.54) is 6.42 Å². The molecule has 4 rings (SSSR count). The normalized spacial score (nSPS) is 16.8. The van der Waals surface area contributed by atoms with Gasteiger partial charge in [0.15, 0.2) is 6.61 Å². The molecule has 5 nitrogen and oxygen atoms in total. The second-order valence-corrected chi connectivity index (χ2v) is 6.90. The average molecular weight is 350 g/mol. The van der Waals surface area contributed by atoms with Crippen molar-refractivity contribution in [2.24, 2.45) is 0 Å². The molecule has 0 saturated heterocycles. The molecule has 1 fully saturated rings. The summed E-state index contributed by atoms with van der Waals surface area (Å²) in [7, 11) is 0. The van der Waals surface area contributed by atoms with Crippen LogP contribution in [0.3, 0.4) is 0 Å². The molecule has 1 amide bonds. The highest BCUT2D eigenvalue weighted by atomic mass is 16.5. The highest BCUT2D eigenvalue weighted by molar-refractivity contribution is 5.92. The van der Waals surface area contributed by atoms with Gasteiger partial charge in [-0.15, -0.1) is 0 Å². The Balaban J connectivity index is 1.42. The first-order valence-electron chi connectivity index (χ1n) is 9.26. The van der Waals surface area contributed by atoms with Gasteiger partial charge in [0.05, 0.1) is 5.52 Å². The number of nitrogens with zero attached hydrogens (tertiary/aromatic N) is 2. The number of rotatable bonds is 5. The van der Waals surface area contributed by atoms with Crippen LogP contribution in [0.1, 0.15) is 49.0 Å². The highest BCUT2D eigenvalue weighted by Gasteiger charge is 2.35. The van der Waals surface area contributed by atoms with Crippen molar-refractivity contribution in [1.82, 2.24) is 9.88 Å². The molecule has 2 aromatic rings. The van der Waals surface area contributed by atoms with E-state index in [0.29, 0.717) is 0 Å². The Kier molecular flexibility index (Phi) is 4.69. The van der Waals surface area contributed by atoms with Gasteiger partial charge >= 0.3 is 5.97 Å². The van der Waals surface area contributed by atoms with Crippen molar-refractivity contribution in [2.45, 2.75) is 44.6 Å². The topological polar surface area (TPSA) is 59.5 Å². The summed E-state index contributed by atoms with van der Waals surface area (Å²) in [6, 6.07) is 11.3. The highest BCUT2D eigenvalue weighted by Crippen LogP contribution is 2.33. The second kappa shape index (κ2) is 7.28. The Morgan fingerprint density at radius 3 is 2.73 bits per heavy atom. The van der Waals surface area contributed by atoms with Crippen LogP contribution in [0.2, 0.25) is 0 Å². The first kappa shape index (κ1) is 16.8. The van der Waals surface area contributed by atoms with Crippen LogP contribution in [0.25, 0.3) is 10.9 Å². The molecule has 0 N–H and O–H groups in total. The summed E-state index contributed by atoms with van der Waals surface area (Å²) in [6.07, 6.45) is 8.47. The third-order valence-electron chi connectivity index (χ3n) is 4.89. The van der Waals surface area contributed by atoms with E-state index >= 15 is 0 Å². The lowest BCUT2D eigenvalue weighted by molar-refractivity contribution is -0.133. The molecule has 1 saturated carbocycles. The molecule has 0 bridgehead atoms. The number of aromatic nitrogens is 1. The van der Waals surface area contributed by atoms with Crippen LogP contribution in [-0.2, 0) is 9.53 Å². The third-order valence-corrected chi connectivity index (χ3v) is 4.89. The maximum Gasteiger partial charge on any atom is 0.357 e. The molecular weight excluding hydrogens is 328 g/mol.